The molecule has 8 aliphatic rings. The first kappa shape index (κ1) is 56.7. The maximum absolute atomic E-state index is 14.8. The number of carbonyl (C=O) groups excluding carboxylic acids is 8. The third kappa shape index (κ3) is 13.1. The summed E-state index contributed by atoms with van der Waals surface area (Å²) in [5, 5.41) is 0. The summed E-state index contributed by atoms with van der Waals surface area (Å²) in [6.45, 7) is 4.25. The van der Waals surface area contributed by atoms with Gasteiger partial charge in [-0.15, -0.1) is 0 Å². The van der Waals surface area contributed by atoms with E-state index in [1.165, 1.54) is 99.2 Å². The number of ether oxygens (including phenoxy) is 2. The maximum atomic E-state index is 14.8. The summed E-state index contributed by atoms with van der Waals surface area (Å²) >= 11 is 0. The molecule has 4 aromatic carbocycles. The van der Waals surface area contributed by atoms with Gasteiger partial charge in [-0.2, -0.15) is 0 Å². The van der Waals surface area contributed by atoms with Gasteiger partial charge in [-0.25, -0.2) is 19.4 Å². The minimum Gasteiger partial charge on any atom is -0.426 e. The van der Waals surface area contributed by atoms with Crippen LogP contribution >= 0.6 is 0 Å². The molecule has 8 saturated carbocycles. The van der Waals surface area contributed by atoms with Crippen LogP contribution in [0.25, 0.3) is 0 Å². The van der Waals surface area contributed by atoms with Crippen LogP contribution in [0.15, 0.2) is 84.9 Å². The third-order valence-electron chi connectivity index (χ3n) is 18.9. The summed E-state index contributed by atoms with van der Waals surface area (Å²) in [6, 6.07) is 20.5. The molecule has 80 heavy (non-hydrogen) atoms. The highest BCUT2D eigenvalue weighted by Crippen LogP contribution is 2.62. The molecule has 0 aliphatic heterocycles. The predicted octanol–water partition coefficient (Wildman–Crippen LogP) is 15.2. The Balaban J connectivity index is 0.863. The highest BCUT2D eigenvalue weighted by molar-refractivity contribution is 6.18. The Morgan fingerprint density at radius 3 is 1.06 bits per heavy atom. The molecule has 8 aliphatic carbocycles. The fourth-order valence-electron chi connectivity index (χ4n) is 16.1. The summed E-state index contributed by atoms with van der Waals surface area (Å²) in [5.41, 5.74) is -0.762. The van der Waals surface area contributed by atoms with E-state index in [9.17, 15) is 38.4 Å². The summed E-state index contributed by atoms with van der Waals surface area (Å²) in [6.07, 6.45) is 23.7. The molecule has 12 heteroatoms. The molecule has 0 N–H and O–H groups in total. The summed E-state index contributed by atoms with van der Waals surface area (Å²) in [5.74, 6) is -1.44. The van der Waals surface area contributed by atoms with Gasteiger partial charge in [0.05, 0.1) is 35.1 Å². The quantitative estimate of drug-likeness (QED) is 0.0146. The average Bonchev–Trinajstić information content (AvgIpc) is 3.60. The van der Waals surface area contributed by atoms with Gasteiger partial charge in [0.25, 0.3) is 0 Å². The van der Waals surface area contributed by atoms with Crippen molar-refractivity contribution in [3.8, 4) is 11.5 Å². The van der Waals surface area contributed by atoms with Crippen LogP contribution < -0.4 is 9.47 Å². The van der Waals surface area contributed by atoms with E-state index >= 15 is 0 Å². The van der Waals surface area contributed by atoms with E-state index in [0.29, 0.717) is 48.3 Å². The molecule has 0 aromatic heterocycles. The lowest BCUT2D eigenvalue weighted by Gasteiger charge is -2.56. The first-order valence-electron chi connectivity index (χ1n) is 30.2. The third-order valence-corrected chi connectivity index (χ3v) is 18.9. The molecule has 0 radical (unpaired) electrons. The highest BCUT2D eigenvalue weighted by atomic mass is 17.2. The molecule has 0 heterocycles. The molecule has 422 valence electrons. The predicted molar refractivity (Wildman–Crippen MR) is 301 cm³/mol. The second-order valence-corrected chi connectivity index (χ2v) is 25.2. The fourth-order valence-corrected chi connectivity index (χ4v) is 16.1. The molecule has 8 fully saturated rings. The lowest BCUT2D eigenvalue weighted by atomic mass is 9.49. The molecule has 0 amide bonds. The Morgan fingerprint density at radius 2 is 0.725 bits per heavy atom. The minimum absolute atomic E-state index is 0.0297. The zero-order valence-electron chi connectivity index (χ0n) is 46.8. The lowest BCUT2D eigenvalue weighted by Crippen LogP contribution is -2.47. The molecule has 0 spiro atoms. The number of carbonyl (C=O) groups is 8. The first-order chi connectivity index (χ1) is 38.7. The van der Waals surface area contributed by atoms with Gasteiger partial charge in [-0.3, -0.25) is 28.8 Å². The maximum Gasteiger partial charge on any atom is 0.387 e. The molecular formula is C68H78O12. The van der Waals surface area contributed by atoms with Crippen molar-refractivity contribution in [3.05, 3.63) is 129 Å². The van der Waals surface area contributed by atoms with Crippen LogP contribution in [0.3, 0.4) is 0 Å². The van der Waals surface area contributed by atoms with Gasteiger partial charge in [0.15, 0.2) is 23.1 Å². The van der Waals surface area contributed by atoms with Gasteiger partial charge in [0, 0.05) is 35.1 Å². The SMILES string of the molecule is CCCCCCCC(=O)c1ccc(OC(=O)CC23CC4CC(CC(C4)C2)C3)c(C(=O)c2ccccc2C(=O)OOC(=O)c2ccccc2C(=O)c2cc(C(=O)CCCCCCC)ccc2OC(=O)CC23CC4CC(CC(C4)C2)C3)c1. The van der Waals surface area contributed by atoms with Gasteiger partial charge in [0.2, 0.25) is 0 Å². The van der Waals surface area contributed by atoms with E-state index in [0.717, 1.165) is 89.9 Å². The number of hydrogen-bond acceptors (Lipinski definition) is 12. The summed E-state index contributed by atoms with van der Waals surface area (Å²) in [4.78, 5) is 123. The van der Waals surface area contributed by atoms with E-state index in [1.807, 2.05) is 0 Å². The van der Waals surface area contributed by atoms with Crippen molar-refractivity contribution < 1.29 is 57.6 Å². The average molecular weight is 1090 g/mol. The molecule has 0 saturated heterocycles. The number of ketones is 4. The zero-order valence-corrected chi connectivity index (χ0v) is 46.8. The van der Waals surface area contributed by atoms with Crippen molar-refractivity contribution in [2.45, 2.75) is 181 Å². The minimum atomic E-state index is -1.21. The number of Topliss-reactive ketones (excluding diaryl/α,β-unsaturated/α-hetero) is 2. The van der Waals surface area contributed by atoms with Crippen LogP contribution in [-0.2, 0) is 19.4 Å². The van der Waals surface area contributed by atoms with Crippen LogP contribution in [0.1, 0.15) is 254 Å². The molecular weight excluding hydrogens is 1010 g/mol. The van der Waals surface area contributed by atoms with Crippen LogP contribution in [0.2, 0.25) is 0 Å². The van der Waals surface area contributed by atoms with Crippen LogP contribution in [0, 0.1) is 46.3 Å². The van der Waals surface area contributed by atoms with Crippen molar-refractivity contribution in [1.82, 2.24) is 0 Å². The second-order valence-electron chi connectivity index (χ2n) is 25.2. The Labute approximate surface area is 470 Å². The molecule has 4 aromatic rings. The van der Waals surface area contributed by atoms with Gasteiger partial charge in [-0.05, 0) is 185 Å². The smallest absolute Gasteiger partial charge is 0.387 e. The standard InChI is InChI=1S/C68H78O12/c1-3-5-7-9-11-21-57(69)49-23-25-59(77-61(71)41-67-35-43-27-44(36-67)29-45(28-43)37-67)55(33-49)63(73)51-17-13-15-19-53(51)65(75)79-80-66(76)54-20-16-14-18-52(54)64(74)56-34-50(58(70)22-12-10-8-6-4-2)24-26-60(56)78-62(72)42-68-38-46-30-47(39-68)32-48(31-46)40-68/h13-20,23-26,33-34,43-48H,3-12,21-22,27-32,35-42H2,1-2H3. The largest absolute Gasteiger partial charge is 0.426 e. The molecule has 12 nitrogen and oxygen atoms in total. The van der Waals surface area contributed by atoms with E-state index in [2.05, 4.69) is 13.8 Å². The van der Waals surface area contributed by atoms with Gasteiger partial charge in [0.1, 0.15) is 11.5 Å². The lowest BCUT2D eigenvalue weighted by molar-refractivity contribution is -0.187. The van der Waals surface area contributed by atoms with Crippen molar-refractivity contribution in [3.63, 3.8) is 0 Å². The molecule has 0 atom stereocenters. The number of rotatable bonds is 26. The van der Waals surface area contributed by atoms with Crippen molar-refractivity contribution in [2.75, 3.05) is 0 Å². The Kier molecular flexibility index (Phi) is 17.8. The fraction of sp³-hybridized carbons (Fsp3) is 0.529. The topological polar surface area (TPSA) is 173 Å². The van der Waals surface area contributed by atoms with Crippen molar-refractivity contribution in [2.24, 2.45) is 46.3 Å². The number of unbranched alkanes of at least 4 members (excludes halogenated alkanes) is 8. The Hall–Kier alpha value is -6.56. The normalized spacial score (nSPS) is 24.7. The van der Waals surface area contributed by atoms with E-state index in [-0.39, 0.29) is 104 Å². The second kappa shape index (κ2) is 25.1. The first-order valence-corrected chi connectivity index (χ1v) is 30.2. The molecule has 12 rings (SSSR count). The Morgan fingerprint density at radius 1 is 0.400 bits per heavy atom. The van der Waals surface area contributed by atoms with Crippen LogP contribution in [0.4, 0.5) is 0 Å². The highest BCUT2D eigenvalue weighted by Gasteiger charge is 2.53. The van der Waals surface area contributed by atoms with Gasteiger partial charge < -0.3 is 9.47 Å². The number of benzene rings is 4. The van der Waals surface area contributed by atoms with Crippen LogP contribution in [0.5, 0.6) is 11.5 Å². The Bertz CT molecular complexity index is 2740. The summed E-state index contributed by atoms with van der Waals surface area (Å²) < 4.78 is 12.1. The van der Waals surface area contributed by atoms with E-state index in [4.69, 9.17) is 19.2 Å². The molecule has 0 unspecified atom stereocenters. The van der Waals surface area contributed by atoms with Gasteiger partial charge in [-0.1, -0.05) is 102 Å². The van der Waals surface area contributed by atoms with E-state index in [1.54, 1.807) is 24.3 Å². The van der Waals surface area contributed by atoms with Crippen LogP contribution in [-0.4, -0.2) is 47.0 Å². The molecule has 8 bridgehead atoms. The van der Waals surface area contributed by atoms with Crippen molar-refractivity contribution >= 4 is 47.0 Å². The van der Waals surface area contributed by atoms with Gasteiger partial charge >= 0.3 is 23.9 Å². The zero-order chi connectivity index (χ0) is 56.0. The number of esters is 2. The number of hydrogen-bond donors (Lipinski definition) is 0. The monoisotopic (exact) mass is 1090 g/mol. The van der Waals surface area contributed by atoms with E-state index < -0.39 is 35.4 Å². The summed E-state index contributed by atoms with van der Waals surface area (Å²) in [7, 11) is 0. The van der Waals surface area contributed by atoms with Crippen molar-refractivity contribution in [1.29, 1.82) is 0 Å².